The molecule has 49 heavy (non-hydrogen) atoms. The lowest BCUT2D eigenvalue weighted by atomic mass is 9.81. The summed E-state index contributed by atoms with van der Waals surface area (Å²) < 4.78 is 11.8. The van der Waals surface area contributed by atoms with E-state index in [-0.39, 0.29) is 38.1 Å². The molecule has 6 rings (SSSR count). The summed E-state index contributed by atoms with van der Waals surface area (Å²) in [7, 11) is 0. The third-order valence-corrected chi connectivity index (χ3v) is 10.2. The predicted molar refractivity (Wildman–Crippen MR) is 187 cm³/mol. The number of hydrogen-bond acceptors (Lipinski definition) is 5. The van der Waals surface area contributed by atoms with Crippen LogP contribution in [-0.2, 0) is 11.2 Å². The van der Waals surface area contributed by atoms with E-state index in [0.29, 0.717) is 41.7 Å². The summed E-state index contributed by atoms with van der Waals surface area (Å²) in [5, 5.41) is 20.8. The highest BCUT2D eigenvalue weighted by Gasteiger charge is 2.49. The second kappa shape index (κ2) is 14.4. The van der Waals surface area contributed by atoms with Crippen LogP contribution in [0.25, 0.3) is 5.57 Å². The lowest BCUT2D eigenvalue weighted by Crippen LogP contribution is -2.65. The molecule has 2 fully saturated rings. The first-order chi connectivity index (χ1) is 23.5. The lowest BCUT2D eigenvalue weighted by molar-refractivity contribution is -0.128. The zero-order valence-corrected chi connectivity index (χ0v) is 28.8. The van der Waals surface area contributed by atoms with Gasteiger partial charge in [0, 0.05) is 31.2 Å². The highest BCUT2D eigenvalue weighted by atomic mass is 35.5. The molecule has 2 N–H and O–H groups in total. The average molecular weight is 688 g/mol. The Kier molecular flexibility index (Phi) is 10.1. The van der Waals surface area contributed by atoms with E-state index in [0.717, 1.165) is 46.2 Å². The number of fused-ring (bicyclic) bond motifs is 2. The summed E-state index contributed by atoms with van der Waals surface area (Å²) in [5.74, 6) is 0.993. The highest BCUT2D eigenvalue weighted by Crippen LogP contribution is 2.41. The van der Waals surface area contributed by atoms with Crippen LogP contribution in [-0.4, -0.2) is 94.0 Å². The molecule has 3 aliphatic rings. The predicted octanol–water partition coefficient (Wildman–Crippen LogP) is 6.82. The van der Waals surface area contributed by atoms with Crippen LogP contribution in [0.2, 0.25) is 5.02 Å². The fourth-order valence-electron chi connectivity index (χ4n) is 6.95. The molecule has 10 nitrogen and oxygen atoms in total. The quantitative estimate of drug-likeness (QED) is 0.212. The minimum absolute atomic E-state index is 0.0362. The molecule has 3 amide bonds. The number of carbonyl (C=O) groups excluding carboxylic acids is 1. The fourth-order valence-corrected chi connectivity index (χ4v) is 7.22. The maximum atomic E-state index is 14.7. The molecule has 2 atom stereocenters. The smallest absolute Gasteiger partial charge is 0.408 e. The Bertz CT molecular complexity index is 1770. The first kappa shape index (κ1) is 34.2. The molecule has 1 saturated carbocycles. The van der Waals surface area contributed by atoms with E-state index >= 15 is 0 Å². The van der Waals surface area contributed by atoms with Gasteiger partial charge in [-0.05, 0) is 104 Å². The van der Waals surface area contributed by atoms with Gasteiger partial charge in [-0.25, -0.2) is 9.59 Å². The Labute approximate surface area is 291 Å². The molecule has 3 aromatic rings. The first-order valence-electron chi connectivity index (χ1n) is 16.7. The standard InChI is InChI=1S/C38H42ClN3O7/c1-23-6-4-5-7-26(23)14-15-41(28-10-11-28)36(43)35-31(20-29-21-40(37(44)45)22-33(35)42(29)38(46)47)27-8-12-30(13-9-27)48-16-17-49-34-19-25(3)24(2)18-32(34)39/h4-9,12-13,18-19,28-29,33H,10-11,14-17,20-22H2,1-3H3,(H,44,45)(H,46,47)/t29-,33-/m1/s1. The van der Waals surface area contributed by atoms with Gasteiger partial charge >= 0.3 is 12.2 Å². The highest BCUT2D eigenvalue weighted by molar-refractivity contribution is 6.32. The molecule has 0 spiro atoms. The number of benzene rings is 3. The molecule has 3 aromatic carbocycles. The Morgan fingerprint density at radius 3 is 2.24 bits per heavy atom. The van der Waals surface area contributed by atoms with Crippen LogP contribution in [0.4, 0.5) is 9.59 Å². The van der Waals surface area contributed by atoms with Gasteiger partial charge in [0.15, 0.2) is 0 Å². The molecule has 258 valence electrons. The van der Waals surface area contributed by atoms with Crippen molar-refractivity contribution in [1.29, 1.82) is 0 Å². The molecular weight excluding hydrogens is 646 g/mol. The Balaban J connectivity index is 1.26. The molecule has 1 saturated heterocycles. The number of ether oxygens (including phenoxy) is 2. The van der Waals surface area contributed by atoms with Gasteiger partial charge in [0.1, 0.15) is 24.7 Å². The van der Waals surface area contributed by atoms with Crippen LogP contribution in [0.3, 0.4) is 0 Å². The van der Waals surface area contributed by atoms with E-state index in [1.807, 2.05) is 67.3 Å². The first-order valence-corrected chi connectivity index (χ1v) is 17.1. The van der Waals surface area contributed by atoms with Gasteiger partial charge in [-0.3, -0.25) is 9.69 Å². The van der Waals surface area contributed by atoms with E-state index in [1.54, 1.807) is 0 Å². The third-order valence-electron chi connectivity index (χ3n) is 9.87. The van der Waals surface area contributed by atoms with Crippen molar-refractivity contribution < 1.29 is 34.1 Å². The summed E-state index contributed by atoms with van der Waals surface area (Å²) in [6.45, 7) is 7.04. The molecular formula is C38H42ClN3O7. The number of halogens is 1. The third kappa shape index (κ3) is 7.49. The van der Waals surface area contributed by atoms with Crippen molar-refractivity contribution in [1.82, 2.24) is 14.7 Å². The van der Waals surface area contributed by atoms with Crippen molar-refractivity contribution in [2.45, 2.75) is 64.6 Å². The van der Waals surface area contributed by atoms with E-state index in [2.05, 4.69) is 19.1 Å². The zero-order valence-electron chi connectivity index (χ0n) is 28.0. The van der Waals surface area contributed by atoms with Crippen molar-refractivity contribution in [3.63, 3.8) is 0 Å². The van der Waals surface area contributed by atoms with Gasteiger partial charge < -0.3 is 29.5 Å². The number of piperazine rings is 1. The minimum atomic E-state index is -1.16. The van der Waals surface area contributed by atoms with Crippen molar-refractivity contribution in [3.05, 3.63) is 99.1 Å². The summed E-state index contributed by atoms with van der Waals surface area (Å²) in [5.41, 5.74) is 6.37. The molecule has 2 bridgehead atoms. The Morgan fingerprint density at radius 2 is 1.57 bits per heavy atom. The van der Waals surface area contributed by atoms with Gasteiger partial charge in [-0.15, -0.1) is 0 Å². The van der Waals surface area contributed by atoms with Gasteiger partial charge in [0.25, 0.3) is 5.91 Å². The maximum Gasteiger partial charge on any atom is 0.408 e. The van der Waals surface area contributed by atoms with Crippen LogP contribution in [0.1, 0.15) is 47.1 Å². The molecule has 0 aromatic heterocycles. The lowest BCUT2D eigenvalue weighted by Gasteiger charge is -2.49. The molecule has 2 aliphatic heterocycles. The van der Waals surface area contributed by atoms with Crippen molar-refractivity contribution in [2.24, 2.45) is 0 Å². The second-order valence-corrected chi connectivity index (χ2v) is 13.5. The summed E-state index contributed by atoms with van der Waals surface area (Å²) in [6.07, 6.45) is 0.360. The SMILES string of the molecule is Cc1cc(Cl)c(OCCOc2ccc(C3=C(C(=O)N(CCc4ccccc4C)C4CC4)[C@H]4CN(C(=O)O)C[C@@H](C3)N4C(=O)O)cc2)cc1C. The summed E-state index contributed by atoms with van der Waals surface area (Å²) in [4.78, 5) is 43.8. The number of hydrogen-bond donors (Lipinski definition) is 2. The Hall–Kier alpha value is -4.70. The average Bonchev–Trinajstić information content (AvgIpc) is 3.91. The van der Waals surface area contributed by atoms with Crippen LogP contribution < -0.4 is 9.47 Å². The van der Waals surface area contributed by atoms with Crippen molar-refractivity contribution in [3.8, 4) is 11.5 Å². The molecule has 0 unspecified atom stereocenters. The largest absolute Gasteiger partial charge is 0.490 e. The summed E-state index contributed by atoms with van der Waals surface area (Å²) >= 11 is 6.34. The maximum absolute atomic E-state index is 14.7. The topological polar surface area (TPSA) is 120 Å². The van der Waals surface area contributed by atoms with E-state index < -0.39 is 24.3 Å². The van der Waals surface area contributed by atoms with Crippen LogP contribution in [0.15, 0.2) is 66.2 Å². The molecule has 0 radical (unpaired) electrons. The number of carbonyl (C=O) groups is 3. The summed E-state index contributed by atoms with van der Waals surface area (Å²) in [6, 6.07) is 17.8. The van der Waals surface area contributed by atoms with Crippen molar-refractivity contribution >= 4 is 35.3 Å². The normalized spacial score (nSPS) is 18.7. The number of nitrogens with zero attached hydrogens (tertiary/aromatic N) is 3. The minimum Gasteiger partial charge on any atom is -0.490 e. The van der Waals surface area contributed by atoms with Gasteiger partial charge in [0.05, 0.1) is 17.1 Å². The van der Waals surface area contributed by atoms with E-state index in [9.17, 15) is 24.6 Å². The van der Waals surface area contributed by atoms with E-state index in [4.69, 9.17) is 21.1 Å². The van der Waals surface area contributed by atoms with E-state index in [1.165, 1.54) is 9.80 Å². The van der Waals surface area contributed by atoms with Gasteiger partial charge in [-0.2, -0.15) is 0 Å². The van der Waals surface area contributed by atoms with Crippen molar-refractivity contribution in [2.75, 3.05) is 32.8 Å². The molecule has 1 aliphatic carbocycles. The number of amides is 3. The van der Waals surface area contributed by atoms with Crippen LogP contribution in [0.5, 0.6) is 11.5 Å². The van der Waals surface area contributed by atoms with Crippen LogP contribution >= 0.6 is 11.6 Å². The zero-order chi connectivity index (χ0) is 34.8. The van der Waals surface area contributed by atoms with Crippen LogP contribution in [0, 0.1) is 20.8 Å². The number of rotatable bonds is 11. The second-order valence-electron chi connectivity index (χ2n) is 13.1. The monoisotopic (exact) mass is 687 g/mol. The molecule has 2 heterocycles. The number of aryl methyl sites for hydroxylation is 3. The molecule has 11 heteroatoms. The van der Waals surface area contributed by atoms with Gasteiger partial charge in [0.2, 0.25) is 0 Å². The van der Waals surface area contributed by atoms with Gasteiger partial charge in [-0.1, -0.05) is 48.0 Å². The fraction of sp³-hybridized carbons (Fsp3) is 0.395. The Morgan fingerprint density at radius 1 is 0.878 bits per heavy atom. The number of carboxylic acid groups (broad SMARTS) is 2.